The summed E-state index contributed by atoms with van der Waals surface area (Å²) in [6, 6.07) is 10.7. The van der Waals surface area contributed by atoms with Crippen LogP contribution < -0.4 is 5.32 Å². The normalized spacial score (nSPS) is 25.3. The Kier molecular flexibility index (Phi) is 2.05. The second-order valence-corrected chi connectivity index (χ2v) is 3.56. The summed E-state index contributed by atoms with van der Waals surface area (Å²) in [6.45, 7) is 1.57. The van der Waals surface area contributed by atoms with Gasteiger partial charge in [-0.3, -0.25) is 4.79 Å². The lowest BCUT2D eigenvalue weighted by atomic mass is 10.1. The molecule has 1 amide bonds. The second-order valence-electron chi connectivity index (χ2n) is 3.56. The van der Waals surface area contributed by atoms with Crippen LogP contribution in [0, 0.1) is 0 Å². The molecule has 0 radical (unpaired) electrons. The Labute approximate surface area is 78.0 Å². The van der Waals surface area contributed by atoms with E-state index >= 15 is 0 Å². The van der Waals surface area contributed by atoms with Gasteiger partial charge < -0.3 is 5.32 Å². The van der Waals surface area contributed by atoms with Gasteiger partial charge in [0.15, 0.2) is 0 Å². The molecule has 1 fully saturated rings. The topological polar surface area (TPSA) is 29.1 Å². The molecule has 0 aromatic heterocycles. The number of hydrogen-bond donors (Lipinski definition) is 1. The number of hydrogen-bond acceptors (Lipinski definition) is 1. The first-order chi connectivity index (χ1) is 6.27. The largest absolute Gasteiger partial charge is 0.353 e. The molecule has 0 saturated heterocycles. The summed E-state index contributed by atoms with van der Waals surface area (Å²) in [7, 11) is 0. The lowest BCUT2D eigenvalue weighted by molar-refractivity contribution is -0.119. The molecule has 1 aromatic rings. The minimum absolute atomic E-state index is 0.0726. The van der Waals surface area contributed by atoms with Gasteiger partial charge in [-0.25, -0.2) is 0 Å². The molecule has 2 rings (SSSR count). The zero-order valence-corrected chi connectivity index (χ0v) is 7.66. The van der Waals surface area contributed by atoms with E-state index in [1.807, 2.05) is 18.2 Å². The third-order valence-corrected chi connectivity index (χ3v) is 2.41. The lowest BCUT2D eigenvalue weighted by Crippen LogP contribution is -2.23. The second kappa shape index (κ2) is 3.21. The van der Waals surface area contributed by atoms with Gasteiger partial charge in [0.1, 0.15) is 0 Å². The van der Waals surface area contributed by atoms with E-state index in [9.17, 15) is 4.79 Å². The van der Waals surface area contributed by atoms with Crippen molar-refractivity contribution in [3.8, 4) is 0 Å². The van der Waals surface area contributed by atoms with Crippen molar-refractivity contribution >= 4 is 5.91 Å². The smallest absolute Gasteiger partial charge is 0.217 e. The summed E-state index contributed by atoms with van der Waals surface area (Å²) in [4.78, 5) is 10.8. The zero-order valence-electron chi connectivity index (χ0n) is 7.66. The highest BCUT2D eigenvalue weighted by Gasteiger charge is 2.38. The summed E-state index contributed by atoms with van der Waals surface area (Å²) >= 11 is 0. The van der Waals surface area contributed by atoms with E-state index in [1.54, 1.807) is 6.92 Å². The Balaban J connectivity index is 1.97. The number of benzene rings is 1. The molecule has 1 N–H and O–H groups in total. The van der Waals surface area contributed by atoms with Crippen LogP contribution in [0.5, 0.6) is 0 Å². The Morgan fingerprint density at radius 3 is 2.69 bits per heavy atom. The van der Waals surface area contributed by atoms with Crippen molar-refractivity contribution in [2.75, 3.05) is 0 Å². The highest BCUT2D eigenvalue weighted by atomic mass is 16.1. The van der Waals surface area contributed by atoms with Crippen molar-refractivity contribution in [2.24, 2.45) is 0 Å². The fraction of sp³-hybridized carbons (Fsp3) is 0.364. The molecule has 68 valence electrons. The van der Waals surface area contributed by atoms with E-state index in [1.165, 1.54) is 5.56 Å². The summed E-state index contributed by atoms with van der Waals surface area (Å²) in [5.74, 6) is 0.619. The van der Waals surface area contributed by atoms with E-state index in [0.717, 1.165) is 6.42 Å². The standard InChI is InChI=1S/C11H13NO/c1-8(13)12-11-7-10(11)9-5-3-2-4-6-9/h2-6,10-11H,7H2,1H3,(H,12,13)/t10-,11+/m1/s1. The molecule has 0 spiro atoms. The van der Waals surface area contributed by atoms with Crippen LogP contribution in [-0.4, -0.2) is 11.9 Å². The summed E-state index contributed by atoms with van der Waals surface area (Å²) in [5, 5.41) is 2.93. The van der Waals surface area contributed by atoms with Crippen molar-refractivity contribution in [1.82, 2.24) is 5.32 Å². The first kappa shape index (κ1) is 8.30. The molecule has 1 aromatic carbocycles. The Bertz CT molecular complexity index is 307. The third kappa shape index (κ3) is 1.89. The van der Waals surface area contributed by atoms with Crippen LogP contribution in [-0.2, 0) is 4.79 Å². The minimum Gasteiger partial charge on any atom is -0.353 e. The van der Waals surface area contributed by atoms with Gasteiger partial charge in [0, 0.05) is 18.9 Å². The molecule has 2 atom stereocenters. The van der Waals surface area contributed by atoms with Gasteiger partial charge in [-0.2, -0.15) is 0 Å². The van der Waals surface area contributed by atoms with E-state index in [2.05, 4.69) is 17.4 Å². The Morgan fingerprint density at radius 1 is 1.38 bits per heavy atom. The fourth-order valence-corrected chi connectivity index (χ4v) is 1.68. The quantitative estimate of drug-likeness (QED) is 0.728. The molecule has 1 saturated carbocycles. The SMILES string of the molecule is CC(=O)N[C@H]1C[C@@H]1c1ccccc1. The summed E-state index contributed by atoms with van der Waals surface area (Å²) in [6.07, 6.45) is 1.09. The molecule has 2 heteroatoms. The molecule has 1 aliphatic rings. The maximum Gasteiger partial charge on any atom is 0.217 e. The molecular weight excluding hydrogens is 162 g/mol. The number of rotatable bonds is 2. The van der Waals surface area contributed by atoms with Crippen molar-refractivity contribution < 1.29 is 4.79 Å². The van der Waals surface area contributed by atoms with Crippen LogP contribution in [0.2, 0.25) is 0 Å². The number of carbonyl (C=O) groups is 1. The molecule has 0 unspecified atom stereocenters. The maximum absolute atomic E-state index is 10.8. The van der Waals surface area contributed by atoms with Crippen LogP contribution in [0.3, 0.4) is 0 Å². The van der Waals surface area contributed by atoms with Crippen molar-refractivity contribution in [3.05, 3.63) is 35.9 Å². The fourth-order valence-electron chi connectivity index (χ4n) is 1.68. The van der Waals surface area contributed by atoms with Crippen molar-refractivity contribution in [2.45, 2.75) is 25.3 Å². The van der Waals surface area contributed by atoms with Crippen molar-refractivity contribution in [3.63, 3.8) is 0 Å². The van der Waals surface area contributed by atoms with E-state index in [4.69, 9.17) is 0 Å². The van der Waals surface area contributed by atoms with E-state index < -0.39 is 0 Å². The molecule has 13 heavy (non-hydrogen) atoms. The molecule has 0 aliphatic heterocycles. The van der Waals surface area contributed by atoms with E-state index in [0.29, 0.717) is 12.0 Å². The highest BCUT2D eigenvalue weighted by molar-refractivity contribution is 5.73. The molecule has 0 heterocycles. The number of carbonyl (C=O) groups excluding carboxylic acids is 1. The molecule has 0 bridgehead atoms. The summed E-state index contributed by atoms with van der Waals surface area (Å²) in [5.41, 5.74) is 1.33. The Morgan fingerprint density at radius 2 is 2.08 bits per heavy atom. The molecular formula is C11H13NO. The van der Waals surface area contributed by atoms with Crippen LogP contribution in [0.15, 0.2) is 30.3 Å². The van der Waals surface area contributed by atoms with Crippen LogP contribution in [0.1, 0.15) is 24.8 Å². The van der Waals surface area contributed by atoms with Crippen LogP contribution in [0.25, 0.3) is 0 Å². The monoisotopic (exact) mass is 175 g/mol. The van der Waals surface area contributed by atoms with Gasteiger partial charge in [-0.1, -0.05) is 30.3 Å². The molecule has 1 aliphatic carbocycles. The predicted octanol–water partition coefficient (Wildman–Crippen LogP) is 1.68. The van der Waals surface area contributed by atoms with Crippen molar-refractivity contribution in [1.29, 1.82) is 0 Å². The average Bonchev–Trinajstić information content (AvgIpc) is 2.84. The van der Waals surface area contributed by atoms with Crippen LogP contribution in [0.4, 0.5) is 0 Å². The number of nitrogens with one attached hydrogen (secondary N) is 1. The van der Waals surface area contributed by atoms with Gasteiger partial charge in [-0.05, 0) is 12.0 Å². The van der Waals surface area contributed by atoms with Gasteiger partial charge >= 0.3 is 0 Å². The number of amides is 1. The summed E-state index contributed by atoms with van der Waals surface area (Å²) < 4.78 is 0. The maximum atomic E-state index is 10.8. The van der Waals surface area contributed by atoms with E-state index in [-0.39, 0.29) is 5.91 Å². The lowest BCUT2D eigenvalue weighted by Gasteiger charge is -2.00. The highest BCUT2D eigenvalue weighted by Crippen LogP contribution is 2.40. The minimum atomic E-state index is 0.0726. The average molecular weight is 175 g/mol. The zero-order chi connectivity index (χ0) is 9.26. The Hall–Kier alpha value is -1.31. The first-order valence-corrected chi connectivity index (χ1v) is 4.59. The third-order valence-electron chi connectivity index (χ3n) is 2.41. The van der Waals surface area contributed by atoms with Gasteiger partial charge in [0.25, 0.3) is 0 Å². The van der Waals surface area contributed by atoms with Gasteiger partial charge in [0.2, 0.25) is 5.91 Å². The first-order valence-electron chi connectivity index (χ1n) is 4.59. The molecule has 2 nitrogen and oxygen atoms in total. The van der Waals surface area contributed by atoms with Gasteiger partial charge in [0.05, 0.1) is 0 Å². The van der Waals surface area contributed by atoms with Gasteiger partial charge in [-0.15, -0.1) is 0 Å². The van der Waals surface area contributed by atoms with Crippen LogP contribution >= 0.6 is 0 Å². The predicted molar refractivity (Wildman–Crippen MR) is 51.4 cm³/mol.